The van der Waals surface area contributed by atoms with Crippen LogP contribution in [-0.4, -0.2) is 20.2 Å². The van der Waals surface area contributed by atoms with E-state index in [0.717, 1.165) is 11.8 Å². The van der Waals surface area contributed by atoms with Crippen LogP contribution in [0.3, 0.4) is 0 Å². The molecule has 0 unspecified atom stereocenters. The highest BCUT2D eigenvalue weighted by Gasteiger charge is 2.33. The minimum Gasteiger partial charge on any atom is -0.339 e. The van der Waals surface area contributed by atoms with Crippen molar-refractivity contribution >= 4 is 34.7 Å². The van der Waals surface area contributed by atoms with Gasteiger partial charge in [0.05, 0.1) is 23.0 Å². The summed E-state index contributed by atoms with van der Waals surface area (Å²) in [5, 5.41) is 12.1. The molecule has 130 valence electrons. The number of anilines is 4. The van der Waals surface area contributed by atoms with Crippen molar-refractivity contribution in [1.29, 1.82) is 0 Å². The van der Waals surface area contributed by atoms with Gasteiger partial charge in [0.25, 0.3) is 0 Å². The number of nitrogens with one attached hydrogen (secondary N) is 3. The van der Waals surface area contributed by atoms with Crippen molar-refractivity contribution in [3.05, 3.63) is 52.9 Å². The van der Waals surface area contributed by atoms with Gasteiger partial charge in [-0.05, 0) is 25.1 Å². The number of rotatable bonds is 4. The van der Waals surface area contributed by atoms with Crippen LogP contribution in [0.25, 0.3) is 0 Å². The van der Waals surface area contributed by atoms with Crippen LogP contribution in [-0.2, 0) is 6.18 Å². The maximum Gasteiger partial charge on any atom is 0.417 e. The molecule has 0 fully saturated rings. The molecule has 0 radical (unpaired) electrons. The molecule has 3 N–H and O–H groups in total. The fraction of sp³-hybridized carbons (Fsp3) is 0.133. The Morgan fingerprint density at radius 1 is 1.04 bits per heavy atom. The summed E-state index contributed by atoms with van der Waals surface area (Å²) in [5.74, 6) is 1.21. The molecule has 0 saturated heterocycles. The van der Waals surface area contributed by atoms with Crippen molar-refractivity contribution in [3.63, 3.8) is 0 Å². The van der Waals surface area contributed by atoms with Crippen LogP contribution in [0.15, 0.2) is 36.7 Å². The lowest BCUT2D eigenvalue weighted by atomic mass is 10.2. The van der Waals surface area contributed by atoms with Crippen molar-refractivity contribution in [3.8, 4) is 0 Å². The normalized spacial score (nSPS) is 11.4. The molecule has 0 aliphatic rings. The highest BCUT2D eigenvalue weighted by molar-refractivity contribution is 6.31. The summed E-state index contributed by atoms with van der Waals surface area (Å²) in [6, 6.07) is 5.29. The first-order chi connectivity index (χ1) is 11.8. The van der Waals surface area contributed by atoms with Gasteiger partial charge in [-0.1, -0.05) is 11.6 Å². The lowest BCUT2D eigenvalue weighted by Gasteiger charge is -2.12. The number of hydrogen-bond acceptors (Lipinski definition) is 5. The SMILES string of the molecule is Cc1cc(Nc2cncc(Nc3ccc(Cl)c(C(F)(F)F)c3)n2)n[nH]1. The van der Waals surface area contributed by atoms with Gasteiger partial charge in [-0.25, -0.2) is 4.98 Å². The summed E-state index contributed by atoms with van der Waals surface area (Å²) >= 11 is 5.61. The van der Waals surface area contributed by atoms with Gasteiger partial charge in [-0.3, -0.25) is 10.1 Å². The van der Waals surface area contributed by atoms with E-state index in [0.29, 0.717) is 11.6 Å². The van der Waals surface area contributed by atoms with E-state index in [-0.39, 0.29) is 16.5 Å². The van der Waals surface area contributed by atoms with Crippen LogP contribution in [0.5, 0.6) is 0 Å². The molecule has 0 saturated carbocycles. The molecule has 0 aliphatic heterocycles. The van der Waals surface area contributed by atoms with Gasteiger partial charge in [0.1, 0.15) is 0 Å². The number of nitrogens with zero attached hydrogens (tertiary/aromatic N) is 3. The molecule has 0 amide bonds. The summed E-state index contributed by atoms with van der Waals surface area (Å²) in [7, 11) is 0. The average Bonchev–Trinajstić information content (AvgIpc) is 2.93. The zero-order chi connectivity index (χ0) is 18.0. The third kappa shape index (κ3) is 4.18. The number of halogens is 4. The zero-order valence-electron chi connectivity index (χ0n) is 12.8. The Morgan fingerprint density at radius 3 is 2.40 bits per heavy atom. The molecule has 2 aromatic heterocycles. The smallest absolute Gasteiger partial charge is 0.339 e. The van der Waals surface area contributed by atoms with E-state index < -0.39 is 11.7 Å². The van der Waals surface area contributed by atoms with Crippen LogP contribution >= 0.6 is 11.6 Å². The van der Waals surface area contributed by atoms with Crippen molar-refractivity contribution in [2.75, 3.05) is 10.6 Å². The predicted octanol–water partition coefficient (Wildman–Crippen LogP) is 4.67. The molecule has 2 heterocycles. The maximum atomic E-state index is 12.9. The molecular weight excluding hydrogens is 357 g/mol. The van der Waals surface area contributed by atoms with Gasteiger partial charge >= 0.3 is 6.18 Å². The van der Waals surface area contributed by atoms with Crippen LogP contribution in [0.2, 0.25) is 5.02 Å². The molecule has 3 rings (SSSR count). The highest BCUT2D eigenvalue weighted by atomic mass is 35.5. The largest absolute Gasteiger partial charge is 0.417 e. The Kier molecular flexibility index (Phi) is 4.49. The lowest BCUT2D eigenvalue weighted by molar-refractivity contribution is -0.137. The summed E-state index contributed by atoms with van der Waals surface area (Å²) in [6.45, 7) is 1.85. The Hall–Kier alpha value is -2.81. The molecular formula is C15H12ClF3N6. The van der Waals surface area contributed by atoms with Gasteiger partial charge in [-0.2, -0.15) is 18.3 Å². The first kappa shape index (κ1) is 17.0. The van der Waals surface area contributed by atoms with Crippen molar-refractivity contribution < 1.29 is 13.2 Å². The van der Waals surface area contributed by atoms with E-state index in [2.05, 4.69) is 30.8 Å². The fourth-order valence-electron chi connectivity index (χ4n) is 2.07. The second-order valence-electron chi connectivity index (χ2n) is 5.17. The molecule has 25 heavy (non-hydrogen) atoms. The summed E-state index contributed by atoms with van der Waals surface area (Å²) in [5.41, 5.74) is 0.137. The lowest BCUT2D eigenvalue weighted by Crippen LogP contribution is -2.07. The Bertz CT molecular complexity index is 893. The number of benzene rings is 1. The minimum absolute atomic E-state index is 0.193. The van der Waals surface area contributed by atoms with Crippen molar-refractivity contribution in [2.24, 2.45) is 0 Å². The number of H-pyrrole nitrogens is 1. The van der Waals surface area contributed by atoms with Crippen LogP contribution in [0.1, 0.15) is 11.3 Å². The maximum absolute atomic E-state index is 12.9. The number of aromatic nitrogens is 4. The summed E-state index contributed by atoms with van der Waals surface area (Å²) in [4.78, 5) is 8.23. The van der Waals surface area contributed by atoms with Crippen LogP contribution < -0.4 is 10.6 Å². The van der Waals surface area contributed by atoms with Crippen molar-refractivity contribution in [1.82, 2.24) is 20.2 Å². The molecule has 0 atom stereocenters. The highest BCUT2D eigenvalue weighted by Crippen LogP contribution is 2.36. The number of aryl methyl sites for hydroxylation is 1. The third-order valence-corrected chi connectivity index (χ3v) is 3.47. The average molecular weight is 369 g/mol. The predicted molar refractivity (Wildman–Crippen MR) is 88.4 cm³/mol. The Balaban J connectivity index is 1.80. The second kappa shape index (κ2) is 6.60. The van der Waals surface area contributed by atoms with E-state index in [1.165, 1.54) is 24.5 Å². The van der Waals surface area contributed by atoms with Gasteiger partial charge in [0.2, 0.25) is 0 Å². The molecule has 3 aromatic rings. The standard InChI is InChI=1S/C15H12ClF3N6/c1-8-4-12(25-24-8)22-14-7-20-6-13(23-14)21-9-2-3-11(16)10(5-9)15(17,18)19/h2-7H,1H3,(H3,21,22,23,24,25). The van der Waals surface area contributed by atoms with Gasteiger partial charge < -0.3 is 10.6 Å². The molecule has 0 aliphatic carbocycles. The summed E-state index contributed by atoms with van der Waals surface area (Å²) in [6.07, 6.45) is -1.68. The van der Waals surface area contributed by atoms with Gasteiger partial charge in [0, 0.05) is 17.4 Å². The molecule has 1 aromatic carbocycles. The molecule has 0 spiro atoms. The monoisotopic (exact) mass is 368 g/mol. The molecule has 10 heteroatoms. The number of hydrogen-bond donors (Lipinski definition) is 3. The molecule has 0 bridgehead atoms. The number of aromatic amines is 1. The van der Waals surface area contributed by atoms with E-state index in [9.17, 15) is 13.2 Å². The van der Waals surface area contributed by atoms with E-state index in [1.807, 2.05) is 6.92 Å². The zero-order valence-corrected chi connectivity index (χ0v) is 13.6. The van der Waals surface area contributed by atoms with Crippen LogP contribution in [0.4, 0.5) is 36.3 Å². The van der Waals surface area contributed by atoms with Gasteiger partial charge in [-0.15, -0.1) is 0 Å². The first-order valence-electron chi connectivity index (χ1n) is 7.06. The van der Waals surface area contributed by atoms with E-state index in [4.69, 9.17) is 11.6 Å². The van der Waals surface area contributed by atoms with Crippen LogP contribution in [0, 0.1) is 6.92 Å². The van der Waals surface area contributed by atoms with Crippen molar-refractivity contribution in [2.45, 2.75) is 13.1 Å². The third-order valence-electron chi connectivity index (χ3n) is 3.14. The topological polar surface area (TPSA) is 78.5 Å². The van der Waals surface area contributed by atoms with E-state index >= 15 is 0 Å². The summed E-state index contributed by atoms with van der Waals surface area (Å²) < 4.78 is 38.7. The minimum atomic E-state index is -4.54. The first-order valence-corrected chi connectivity index (χ1v) is 7.44. The van der Waals surface area contributed by atoms with Gasteiger partial charge in [0.15, 0.2) is 17.5 Å². The Labute approximate surface area is 145 Å². The molecule has 6 nitrogen and oxygen atoms in total. The second-order valence-corrected chi connectivity index (χ2v) is 5.58. The quantitative estimate of drug-likeness (QED) is 0.624. The Morgan fingerprint density at radius 2 is 1.76 bits per heavy atom. The van der Waals surface area contributed by atoms with E-state index in [1.54, 1.807) is 6.07 Å². The fourth-order valence-corrected chi connectivity index (χ4v) is 2.29. The number of alkyl halides is 3.